The molecule has 0 bridgehead atoms. The molecule has 0 spiro atoms. The van der Waals surface area contributed by atoms with Crippen LogP contribution in [0, 0.1) is 13.8 Å². The summed E-state index contributed by atoms with van der Waals surface area (Å²) in [6.07, 6.45) is 3.74. The van der Waals surface area contributed by atoms with Gasteiger partial charge in [0.15, 0.2) is 0 Å². The van der Waals surface area contributed by atoms with Crippen LogP contribution in [-0.2, 0) is 11.2 Å². The van der Waals surface area contributed by atoms with E-state index in [0.717, 1.165) is 57.9 Å². The lowest BCUT2D eigenvalue weighted by Gasteiger charge is -2.44. The standard InChI is InChI=1S/C27H37N3O2/c1-21-17-22(2)19-23(18-21)10-11-27(31)30-12-6-7-24(20-30)28-13-15-29(16-14-28)25-8-4-5-9-26(25)32-3/h4-5,8-9,17-19,24H,6-7,10-16,20H2,1-3H3. The van der Waals surface area contributed by atoms with Gasteiger partial charge in [-0.3, -0.25) is 9.69 Å². The maximum absolute atomic E-state index is 13.0. The summed E-state index contributed by atoms with van der Waals surface area (Å²) in [4.78, 5) is 20.1. The van der Waals surface area contributed by atoms with Crippen molar-refractivity contribution in [3.8, 4) is 5.75 Å². The Balaban J connectivity index is 1.29. The minimum absolute atomic E-state index is 0.307. The second-order valence-corrected chi connectivity index (χ2v) is 9.33. The number of piperazine rings is 1. The molecule has 5 nitrogen and oxygen atoms in total. The van der Waals surface area contributed by atoms with Crippen molar-refractivity contribution in [1.82, 2.24) is 9.80 Å². The number of para-hydroxylation sites is 2. The molecule has 2 aromatic rings. The van der Waals surface area contributed by atoms with E-state index in [1.54, 1.807) is 7.11 Å². The molecular weight excluding hydrogens is 398 g/mol. The van der Waals surface area contributed by atoms with Crippen LogP contribution in [0.1, 0.15) is 36.0 Å². The van der Waals surface area contributed by atoms with Gasteiger partial charge in [-0.05, 0) is 50.8 Å². The Bertz CT molecular complexity index is 901. The lowest BCUT2D eigenvalue weighted by molar-refractivity contribution is -0.133. The predicted octanol–water partition coefficient (Wildman–Crippen LogP) is 4.06. The van der Waals surface area contributed by atoms with Crippen molar-refractivity contribution in [3.63, 3.8) is 0 Å². The lowest BCUT2D eigenvalue weighted by atomic mass is 10.0. The molecule has 2 fully saturated rings. The number of aryl methyl sites for hydroxylation is 3. The number of nitrogens with zero attached hydrogens (tertiary/aromatic N) is 3. The van der Waals surface area contributed by atoms with Crippen LogP contribution in [0.2, 0.25) is 0 Å². The monoisotopic (exact) mass is 435 g/mol. The van der Waals surface area contributed by atoms with Gasteiger partial charge < -0.3 is 14.5 Å². The van der Waals surface area contributed by atoms with Gasteiger partial charge in [0.2, 0.25) is 5.91 Å². The summed E-state index contributed by atoms with van der Waals surface area (Å²) in [5.74, 6) is 1.25. The van der Waals surface area contributed by atoms with Gasteiger partial charge >= 0.3 is 0 Å². The van der Waals surface area contributed by atoms with Crippen molar-refractivity contribution in [2.24, 2.45) is 0 Å². The van der Waals surface area contributed by atoms with Crippen LogP contribution in [0.4, 0.5) is 5.69 Å². The first kappa shape index (κ1) is 22.7. The zero-order valence-electron chi connectivity index (χ0n) is 19.8. The van der Waals surface area contributed by atoms with Crippen LogP contribution in [0.25, 0.3) is 0 Å². The predicted molar refractivity (Wildman–Crippen MR) is 131 cm³/mol. The highest BCUT2D eigenvalue weighted by Gasteiger charge is 2.30. The summed E-state index contributed by atoms with van der Waals surface area (Å²) in [5.41, 5.74) is 5.01. The number of likely N-dealkylation sites (tertiary alicyclic amines) is 1. The molecule has 0 radical (unpaired) electrons. The van der Waals surface area contributed by atoms with Crippen molar-refractivity contribution in [2.75, 3.05) is 51.3 Å². The largest absolute Gasteiger partial charge is 0.495 e. The molecule has 172 valence electrons. The maximum Gasteiger partial charge on any atom is 0.222 e. The number of ether oxygens (including phenoxy) is 1. The topological polar surface area (TPSA) is 36.0 Å². The molecule has 1 unspecified atom stereocenters. The molecule has 1 atom stereocenters. The average molecular weight is 436 g/mol. The molecule has 2 heterocycles. The third kappa shape index (κ3) is 5.44. The van der Waals surface area contributed by atoms with Gasteiger partial charge in [0.1, 0.15) is 5.75 Å². The number of piperidine rings is 1. The van der Waals surface area contributed by atoms with E-state index in [1.807, 2.05) is 12.1 Å². The summed E-state index contributed by atoms with van der Waals surface area (Å²) in [7, 11) is 1.74. The lowest BCUT2D eigenvalue weighted by Crippen LogP contribution is -2.56. The van der Waals surface area contributed by atoms with E-state index in [1.165, 1.54) is 28.8 Å². The fourth-order valence-electron chi connectivity index (χ4n) is 5.32. The quantitative estimate of drug-likeness (QED) is 0.686. The van der Waals surface area contributed by atoms with Gasteiger partial charge in [-0.15, -0.1) is 0 Å². The summed E-state index contributed by atoms with van der Waals surface area (Å²) in [6, 6.07) is 15.4. The molecule has 2 aliphatic rings. The van der Waals surface area contributed by atoms with Gasteiger partial charge in [0, 0.05) is 51.7 Å². The first-order chi connectivity index (χ1) is 15.5. The third-order valence-electron chi connectivity index (χ3n) is 6.91. The van der Waals surface area contributed by atoms with Crippen molar-refractivity contribution in [1.29, 1.82) is 0 Å². The summed E-state index contributed by atoms with van der Waals surface area (Å²) < 4.78 is 5.55. The Kier molecular flexibility index (Phi) is 7.36. The average Bonchev–Trinajstić information content (AvgIpc) is 2.82. The second-order valence-electron chi connectivity index (χ2n) is 9.33. The van der Waals surface area contributed by atoms with Gasteiger partial charge in [-0.25, -0.2) is 0 Å². The molecule has 0 aliphatic carbocycles. The Labute approximate surface area is 193 Å². The molecule has 2 saturated heterocycles. The van der Waals surface area contributed by atoms with Crippen LogP contribution in [0.15, 0.2) is 42.5 Å². The maximum atomic E-state index is 13.0. The smallest absolute Gasteiger partial charge is 0.222 e. The number of anilines is 1. The number of benzene rings is 2. The van der Waals surface area contributed by atoms with Crippen LogP contribution in [-0.4, -0.2) is 68.1 Å². The zero-order valence-corrected chi connectivity index (χ0v) is 19.8. The van der Waals surface area contributed by atoms with Crippen LogP contribution in [0.3, 0.4) is 0 Å². The highest BCUT2D eigenvalue weighted by atomic mass is 16.5. The Morgan fingerprint density at radius 1 is 1.00 bits per heavy atom. The normalized spacial score (nSPS) is 19.8. The highest BCUT2D eigenvalue weighted by Crippen LogP contribution is 2.29. The van der Waals surface area contributed by atoms with E-state index in [9.17, 15) is 4.79 Å². The van der Waals surface area contributed by atoms with Crippen molar-refractivity contribution in [3.05, 3.63) is 59.2 Å². The first-order valence-electron chi connectivity index (χ1n) is 12.0. The number of carbonyl (C=O) groups excluding carboxylic acids is 1. The first-order valence-corrected chi connectivity index (χ1v) is 12.0. The van der Waals surface area contributed by atoms with E-state index in [4.69, 9.17) is 4.74 Å². The number of hydrogen-bond donors (Lipinski definition) is 0. The number of amides is 1. The second kappa shape index (κ2) is 10.4. The number of hydrogen-bond acceptors (Lipinski definition) is 4. The Hall–Kier alpha value is -2.53. The third-order valence-corrected chi connectivity index (χ3v) is 6.91. The number of rotatable bonds is 6. The molecule has 4 rings (SSSR count). The molecule has 2 aromatic carbocycles. The van der Waals surface area contributed by atoms with Gasteiger partial charge in [0.25, 0.3) is 0 Å². The fourth-order valence-corrected chi connectivity index (χ4v) is 5.32. The number of carbonyl (C=O) groups is 1. The van der Waals surface area contributed by atoms with E-state index in [2.05, 4.69) is 58.9 Å². The van der Waals surface area contributed by atoms with E-state index in [0.29, 0.717) is 18.4 Å². The highest BCUT2D eigenvalue weighted by molar-refractivity contribution is 5.76. The van der Waals surface area contributed by atoms with Crippen LogP contribution >= 0.6 is 0 Å². The van der Waals surface area contributed by atoms with Gasteiger partial charge in [-0.1, -0.05) is 41.5 Å². The molecular formula is C27H37N3O2. The van der Waals surface area contributed by atoms with Gasteiger partial charge in [0.05, 0.1) is 12.8 Å². The summed E-state index contributed by atoms with van der Waals surface area (Å²) in [5, 5.41) is 0. The fraction of sp³-hybridized carbons (Fsp3) is 0.519. The molecule has 0 aromatic heterocycles. The molecule has 5 heteroatoms. The summed E-state index contributed by atoms with van der Waals surface area (Å²) >= 11 is 0. The van der Waals surface area contributed by atoms with E-state index < -0.39 is 0 Å². The SMILES string of the molecule is COc1ccccc1N1CCN(C2CCCN(C(=O)CCc3cc(C)cc(C)c3)C2)CC1. The van der Waals surface area contributed by atoms with Crippen molar-refractivity contribution < 1.29 is 9.53 Å². The Morgan fingerprint density at radius 2 is 1.72 bits per heavy atom. The van der Waals surface area contributed by atoms with Gasteiger partial charge in [-0.2, -0.15) is 0 Å². The molecule has 2 aliphatic heterocycles. The minimum Gasteiger partial charge on any atom is -0.495 e. The zero-order chi connectivity index (χ0) is 22.5. The Morgan fingerprint density at radius 3 is 2.44 bits per heavy atom. The number of methoxy groups -OCH3 is 1. The van der Waals surface area contributed by atoms with E-state index in [-0.39, 0.29) is 0 Å². The molecule has 0 N–H and O–H groups in total. The molecule has 32 heavy (non-hydrogen) atoms. The molecule has 0 saturated carbocycles. The van der Waals surface area contributed by atoms with Crippen LogP contribution < -0.4 is 9.64 Å². The summed E-state index contributed by atoms with van der Waals surface area (Å²) in [6.45, 7) is 10.1. The van der Waals surface area contributed by atoms with Crippen molar-refractivity contribution >= 4 is 11.6 Å². The van der Waals surface area contributed by atoms with Crippen molar-refractivity contribution in [2.45, 2.75) is 45.6 Å². The van der Waals surface area contributed by atoms with Crippen LogP contribution in [0.5, 0.6) is 5.75 Å². The van der Waals surface area contributed by atoms with E-state index >= 15 is 0 Å². The molecule has 1 amide bonds. The minimum atomic E-state index is 0.307.